The fourth-order valence-electron chi connectivity index (χ4n) is 9.67. The molecule has 0 saturated heterocycles. The van der Waals surface area contributed by atoms with Crippen molar-refractivity contribution in [2.75, 3.05) is 110 Å². The Labute approximate surface area is 494 Å². The maximum absolute atomic E-state index is 13.9. The zero-order valence-electron chi connectivity index (χ0n) is 50.8. The maximum atomic E-state index is 13.9. The lowest BCUT2D eigenvalue weighted by molar-refractivity contribution is -0.148. The summed E-state index contributed by atoms with van der Waals surface area (Å²) in [5, 5.41) is 11.0. The minimum Gasteiger partial charge on any atom is -0.870 e. The van der Waals surface area contributed by atoms with Gasteiger partial charge in [0.25, 0.3) is 5.91 Å². The maximum Gasteiger partial charge on any atom is 0.320 e. The Morgan fingerprint density at radius 1 is 0.578 bits per heavy atom. The average Bonchev–Trinajstić information content (AvgIpc) is 3.39. The minimum atomic E-state index is -0.405. The van der Waals surface area contributed by atoms with Gasteiger partial charge in [-0.25, -0.2) is 4.58 Å². The van der Waals surface area contributed by atoms with Crippen molar-refractivity contribution in [3.63, 3.8) is 0 Å². The predicted octanol–water partition coefficient (Wildman–Crippen LogP) is 9.36. The summed E-state index contributed by atoms with van der Waals surface area (Å²) >= 11 is 0. The second-order valence-electron chi connectivity index (χ2n) is 20.1. The monoisotopic (exact) mass is 1150 g/mol. The SMILES string of the molecule is CCOC(=O)CN(CCOCCOCCNC(=O)CCCCCCCCC#CC#CCCCCCCCCC(=O)NCCNC(=O)c1ccccc1-c1c2ccc(=[N+](CC)CC)cc-2oc2cc(N(CC)CC)ccc12)CC(=O)OCC.[OH-]. The standard InChI is InChI=1S/C66H94N6O10.H2O/c1-7-71(8-2)53-37-39-57-59(49-53)82-60-50-54(72(9-3)10-4)38-40-58(60)65(57)55-33-31-32-34-56(55)66(77)69-42-41-67-61(73)35-29-27-25-23-21-19-17-15-13-14-16-18-20-22-24-26-28-30-36-62(74)68-43-45-78-47-48-79-46-44-70(51-63(75)80-11-5)52-64(76)81-12-6;/h31-34,37-40,49-50H,7-12,17-30,35-36,41-48,51-52H2,1-6H3,(H2-,67,68,69,73,74,77);1H2. The van der Waals surface area contributed by atoms with Crippen molar-refractivity contribution in [3.05, 3.63) is 71.6 Å². The molecule has 2 aliphatic rings. The van der Waals surface area contributed by atoms with Crippen molar-refractivity contribution in [2.45, 2.75) is 144 Å². The van der Waals surface area contributed by atoms with E-state index >= 15 is 0 Å². The highest BCUT2D eigenvalue weighted by atomic mass is 16.5. The van der Waals surface area contributed by atoms with Gasteiger partial charge in [-0.15, -0.1) is 0 Å². The van der Waals surface area contributed by atoms with Gasteiger partial charge in [0.2, 0.25) is 17.2 Å². The molecule has 83 heavy (non-hydrogen) atoms. The van der Waals surface area contributed by atoms with Crippen LogP contribution < -0.4 is 30.8 Å². The Bertz CT molecular complexity index is 2710. The van der Waals surface area contributed by atoms with Gasteiger partial charge in [-0.1, -0.05) is 81.4 Å². The minimum absolute atomic E-state index is 0. The van der Waals surface area contributed by atoms with Gasteiger partial charge in [-0.3, -0.25) is 28.9 Å². The van der Waals surface area contributed by atoms with E-state index in [2.05, 4.69) is 113 Å². The Hall–Kier alpha value is -6.76. The molecule has 0 aromatic heterocycles. The van der Waals surface area contributed by atoms with E-state index in [9.17, 15) is 24.0 Å². The van der Waals surface area contributed by atoms with E-state index in [4.69, 9.17) is 23.4 Å². The summed E-state index contributed by atoms with van der Waals surface area (Å²) in [7, 11) is 0. The summed E-state index contributed by atoms with van der Waals surface area (Å²) in [5.41, 5.74) is 5.15. The van der Waals surface area contributed by atoms with Crippen molar-refractivity contribution >= 4 is 46.3 Å². The molecule has 2 aromatic carbocycles. The van der Waals surface area contributed by atoms with Gasteiger partial charge in [-0.2, -0.15) is 0 Å². The van der Waals surface area contributed by atoms with Gasteiger partial charge >= 0.3 is 11.9 Å². The molecule has 456 valence electrons. The van der Waals surface area contributed by atoms with Crippen LogP contribution in [0.15, 0.2) is 65.1 Å². The molecule has 1 aliphatic carbocycles. The first-order valence-electron chi connectivity index (χ1n) is 30.5. The van der Waals surface area contributed by atoms with Crippen LogP contribution in [-0.4, -0.2) is 145 Å². The van der Waals surface area contributed by atoms with Crippen LogP contribution in [0.2, 0.25) is 0 Å². The molecule has 17 heteroatoms. The molecule has 0 fully saturated rings. The second kappa shape index (κ2) is 43.0. The van der Waals surface area contributed by atoms with E-state index in [1.54, 1.807) is 18.7 Å². The number of ether oxygens (including phenoxy) is 4. The van der Waals surface area contributed by atoms with Gasteiger partial charge in [0, 0.05) is 105 Å². The normalized spacial score (nSPS) is 10.8. The van der Waals surface area contributed by atoms with E-state index in [-0.39, 0.29) is 49.5 Å². The number of carbonyl (C=O) groups is 5. The van der Waals surface area contributed by atoms with E-state index in [0.29, 0.717) is 71.0 Å². The van der Waals surface area contributed by atoms with Gasteiger partial charge < -0.3 is 49.7 Å². The molecule has 1 heterocycles. The van der Waals surface area contributed by atoms with Crippen LogP contribution in [-0.2, 0) is 38.1 Å². The highest BCUT2D eigenvalue weighted by Crippen LogP contribution is 2.42. The van der Waals surface area contributed by atoms with Crippen molar-refractivity contribution in [2.24, 2.45) is 0 Å². The molecule has 0 radical (unpaired) electrons. The molecule has 0 bridgehead atoms. The van der Waals surface area contributed by atoms with Crippen LogP contribution in [0.25, 0.3) is 33.4 Å². The number of rotatable bonds is 41. The number of benzene rings is 3. The van der Waals surface area contributed by atoms with Crippen LogP contribution >= 0.6 is 0 Å². The van der Waals surface area contributed by atoms with Crippen LogP contribution in [0.5, 0.6) is 0 Å². The first-order chi connectivity index (χ1) is 40.1. The first kappa shape index (κ1) is 70.5. The Kier molecular flexibility index (Phi) is 36.5. The lowest BCUT2D eigenvalue weighted by Gasteiger charge is -2.22. The molecule has 17 nitrogen and oxygen atoms in total. The number of nitrogens with zero attached hydrogens (tertiary/aromatic N) is 3. The number of anilines is 1. The summed E-state index contributed by atoms with van der Waals surface area (Å²) < 4.78 is 30.1. The summed E-state index contributed by atoms with van der Waals surface area (Å²) in [4.78, 5) is 66.4. The van der Waals surface area contributed by atoms with Crippen LogP contribution in [0, 0.1) is 23.7 Å². The summed E-state index contributed by atoms with van der Waals surface area (Å²) in [5.74, 6) is 12.2. The number of carbonyl (C=O) groups excluding carboxylic acids is 5. The predicted molar refractivity (Wildman–Crippen MR) is 329 cm³/mol. The van der Waals surface area contributed by atoms with E-state index in [1.165, 1.54) is 0 Å². The zero-order valence-corrected chi connectivity index (χ0v) is 50.8. The van der Waals surface area contributed by atoms with Gasteiger partial charge in [-0.05, 0) is 109 Å². The molecule has 3 amide bonds. The third kappa shape index (κ3) is 27.0. The van der Waals surface area contributed by atoms with Crippen molar-refractivity contribution in [1.82, 2.24) is 25.4 Å². The summed E-state index contributed by atoms with van der Waals surface area (Å²) in [6.07, 6.45) is 15.2. The van der Waals surface area contributed by atoms with E-state index in [1.807, 2.05) is 24.3 Å². The third-order valence-electron chi connectivity index (χ3n) is 14.1. The fourth-order valence-corrected chi connectivity index (χ4v) is 9.67. The van der Waals surface area contributed by atoms with E-state index in [0.717, 1.165) is 161 Å². The number of hydrogen-bond donors (Lipinski definition) is 3. The topological polar surface area (TPSA) is 211 Å². The molecule has 2 aromatic rings. The molecular formula is C66H96N6O11. The quantitative estimate of drug-likeness (QED) is 0.0125. The fraction of sp³-hybridized carbons (Fsp3) is 0.576. The van der Waals surface area contributed by atoms with Crippen molar-refractivity contribution < 1.29 is 52.8 Å². The molecule has 4 N–H and O–H groups in total. The van der Waals surface area contributed by atoms with Crippen LogP contribution in [0.4, 0.5) is 5.69 Å². The molecule has 0 unspecified atom stereocenters. The van der Waals surface area contributed by atoms with Gasteiger partial charge in [0.15, 0.2) is 0 Å². The Balaban J connectivity index is 0.0000181. The second-order valence-corrected chi connectivity index (χ2v) is 20.1. The summed E-state index contributed by atoms with van der Waals surface area (Å²) in [6, 6.07) is 20.4. The number of esters is 2. The zero-order chi connectivity index (χ0) is 59.0. The van der Waals surface area contributed by atoms with E-state index < -0.39 is 11.9 Å². The van der Waals surface area contributed by atoms with Crippen molar-refractivity contribution in [1.29, 1.82) is 0 Å². The molecular weight excluding hydrogens is 1050 g/mol. The van der Waals surface area contributed by atoms with Gasteiger partial charge in [0.1, 0.15) is 24.4 Å². The van der Waals surface area contributed by atoms with Gasteiger partial charge in [0.05, 0.1) is 58.8 Å². The van der Waals surface area contributed by atoms with Crippen LogP contribution in [0.1, 0.15) is 155 Å². The number of fused-ring (bicyclic) bond motifs is 2. The Morgan fingerprint density at radius 2 is 1.13 bits per heavy atom. The smallest absolute Gasteiger partial charge is 0.320 e. The van der Waals surface area contributed by atoms with Crippen molar-refractivity contribution in [3.8, 4) is 46.1 Å². The third-order valence-corrected chi connectivity index (χ3v) is 14.1. The molecule has 1 aliphatic heterocycles. The number of hydrogen-bond acceptors (Lipinski definition) is 13. The number of amides is 3. The number of nitrogens with one attached hydrogen (secondary N) is 3. The first-order valence-corrected chi connectivity index (χ1v) is 30.5. The van der Waals surface area contributed by atoms with Crippen LogP contribution in [0.3, 0.4) is 0 Å². The molecule has 0 atom stereocenters. The molecule has 0 saturated carbocycles. The number of unbranched alkanes of at least 4 members (excludes halogenated alkanes) is 12. The highest BCUT2D eigenvalue weighted by molar-refractivity contribution is 6.09. The lowest BCUT2D eigenvalue weighted by Crippen LogP contribution is -2.38. The molecule has 0 spiro atoms. The highest BCUT2D eigenvalue weighted by Gasteiger charge is 2.23. The average molecular weight is 1150 g/mol. The molecule has 4 rings (SSSR count). The lowest BCUT2D eigenvalue weighted by atomic mass is 9.90. The largest absolute Gasteiger partial charge is 0.870 e. The summed E-state index contributed by atoms with van der Waals surface area (Å²) in [6.45, 7) is 19.0. The Morgan fingerprint density at radius 3 is 1.72 bits per heavy atom.